The van der Waals surface area contributed by atoms with Gasteiger partial charge in [0.25, 0.3) is 5.63 Å². The second-order valence-corrected chi connectivity index (χ2v) is 2.44. The van der Waals surface area contributed by atoms with Crippen LogP contribution in [0.2, 0.25) is 0 Å². The van der Waals surface area contributed by atoms with Gasteiger partial charge in [-0.1, -0.05) is 0 Å². The van der Waals surface area contributed by atoms with Crippen molar-refractivity contribution in [1.29, 1.82) is 0 Å². The van der Waals surface area contributed by atoms with Crippen molar-refractivity contribution in [3.05, 3.63) is 38.0 Å². The molecule has 0 aliphatic rings. The van der Waals surface area contributed by atoms with Crippen LogP contribution in [0.1, 0.15) is 23.0 Å². The van der Waals surface area contributed by atoms with Crippen LogP contribution in [0.15, 0.2) is 20.1 Å². The fraction of sp³-hybridized carbons (Fsp3) is 0.250. The number of carbonyl (C=O) groups is 1. The summed E-state index contributed by atoms with van der Waals surface area (Å²) in [4.78, 5) is 32.7. The van der Waals surface area contributed by atoms with Crippen molar-refractivity contribution in [2.24, 2.45) is 0 Å². The van der Waals surface area contributed by atoms with Crippen LogP contribution in [-0.4, -0.2) is 5.78 Å². The predicted octanol–water partition coefficient (Wildman–Crippen LogP) is -2.77. The van der Waals surface area contributed by atoms with E-state index in [0.29, 0.717) is 0 Å². The number of hydrogen-bond acceptors (Lipinski definition) is 4. The summed E-state index contributed by atoms with van der Waals surface area (Å²) in [5.74, 6) is -0.344. The molecule has 64 valence electrons. The van der Waals surface area contributed by atoms with Gasteiger partial charge in [-0.05, 0) is 19.4 Å². The van der Waals surface area contributed by atoms with Crippen LogP contribution in [0.4, 0.5) is 0 Å². The van der Waals surface area contributed by atoms with E-state index in [4.69, 9.17) is 0 Å². The summed E-state index contributed by atoms with van der Waals surface area (Å²) in [5, 5.41) is 0. The summed E-state index contributed by atoms with van der Waals surface area (Å²) in [6, 6.07) is 1.12. The Labute approximate surface area is 96.2 Å². The van der Waals surface area contributed by atoms with E-state index in [9.17, 15) is 14.4 Å². The monoisotopic (exact) mass is 190 g/mol. The van der Waals surface area contributed by atoms with Crippen LogP contribution >= 0.6 is 0 Å². The molecule has 0 saturated heterocycles. The Balaban J connectivity index is 0.00000144. The van der Waals surface area contributed by atoms with Gasteiger partial charge in [0.1, 0.15) is 0 Å². The molecule has 1 aromatic heterocycles. The largest absolute Gasteiger partial charge is 1.00 e. The Morgan fingerprint density at radius 3 is 2.38 bits per heavy atom. The molecule has 4 nitrogen and oxygen atoms in total. The molecule has 0 radical (unpaired) electrons. The first-order valence-corrected chi connectivity index (χ1v) is 3.35. The van der Waals surface area contributed by atoms with Crippen LogP contribution in [0, 0.1) is 6.92 Å². The Morgan fingerprint density at radius 1 is 1.46 bits per heavy atom. The average Bonchev–Trinajstić information content (AvgIpc) is 1.82. The van der Waals surface area contributed by atoms with Crippen LogP contribution in [0.3, 0.4) is 0 Å². The third-order valence-corrected chi connectivity index (χ3v) is 1.39. The van der Waals surface area contributed by atoms with Crippen molar-refractivity contribution >= 4 is 5.78 Å². The molecular weight excluding hydrogens is 183 g/mol. The number of rotatable bonds is 1. The third-order valence-electron chi connectivity index (χ3n) is 1.39. The minimum absolute atomic E-state index is 0. The third kappa shape index (κ3) is 2.69. The molecule has 0 saturated carbocycles. The molecule has 13 heavy (non-hydrogen) atoms. The van der Waals surface area contributed by atoms with Gasteiger partial charge >= 0.3 is 29.6 Å². The minimum atomic E-state index is -0.854. The van der Waals surface area contributed by atoms with E-state index in [2.05, 4.69) is 4.42 Å². The molecular formula is C8H7NaO4. The van der Waals surface area contributed by atoms with Crippen molar-refractivity contribution in [1.82, 2.24) is 0 Å². The molecule has 1 aromatic rings. The zero-order chi connectivity index (χ0) is 9.30. The number of carbonyl (C=O) groups excluding carboxylic acids is 1. The van der Waals surface area contributed by atoms with Gasteiger partial charge < -0.3 is 14.0 Å². The molecule has 0 aliphatic carbocycles. The number of aryl methyl sites for hydroxylation is 1. The van der Waals surface area contributed by atoms with Crippen molar-refractivity contribution < 1.29 is 38.8 Å². The summed E-state index contributed by atoms with van der Waals surface area (Å²) >= 11 is 0. The second-order valence-electron chi connectivity index (χ2n) is 2.44. The maximum Gasteiger partial charge on any atom is 1.00 e. The van der Waals surface area contributed by atoms with Crippen molar-refractivity contribution in [2.75, 3.05) is 0 Å². The zero-order valence-corrected chi connectivity index (χ0v) is 9.71. The average molecular weight is 190 g/mol. The first-order chi connectivity index (χ1) is 5.52. The van der Waals surface area contributed by atoms with E-state index < -0.39 is 22.4 Å². The molecule has 0 spiro atoms. The summed E-state index contributed by atoms with van der Waals surface area (Å²) in [6.45, 7) is 2.63. The van der Waals surface area contributed by atoms with Crippen LogP contribution in [-0.2, 0) is 0 Å². The van der Waals surface area contributed by atoms with Crippen LogP contribution < -0.4 is 40.6 Å². The maximum atomic E-state index is 11.0. The Hall–Kier alpha value is -0.580. The fourth-order valence-electron chi connectivity index (χ4n) is 0.901. The topological polar surface area (TPSA) is 64.3 Å². The fourth-order valence-corrected chi connectivity index (χ4v) is 0.901. The van der Waals surface area contributed by atoms with Crippen molar-refractivity contribution in [3.63, 3.8) is 0 Å². The van der Waals surface area contributed by atoms with E-state index in [1.54, 1.807) is 0 Å². The molecule has 5 heteroatoms. The summed E-state index contributed by atoms with van der Waals surface area (Å²) in [7, 11) is 0. The number of hydrogen-bond donors (Lipinski definition) is 0. The van der Waals surface area contributed by atoms with Gasteiger partial charge in [-0.2, -0.15) is 0 Å². The molecule has 0 unspecified atom stereocenters. The molecule has 0 aromatic carbocycles. The Bertz CT molecular complexity index is 395. The van der Waals surface area contributed by atoms with Crippen molar-refractivity contribution in [2.45, 2.75) is 13.8 Å². The van der Waals surface area contributed by atoms with Crippen LogP contribution in [0.5, 0.6) is 0 Å². The first-order valence-electron chi connectivity index (χ1n) is 3.35. The zero-order valence-electron chi connectivity index (χ0n) is 7.71. The molecule has 0 fully saturated rings. The molecule has 1 heterocycles. The smallest absolute Gasteiger partial charge is 0.460 e. The van der Waals surface area contributed by atoms with E-state index in [0.717, 1.165) is 13.0 Å². The molecule has 0 atom stereocenters. The Kier molecular flexibility index (Phi) is 4.39. The standard InChI is InChI=1S/C8H7O4.Na/c1-4-3-6(10)7(5(2)9)8(11)12-4;/h3H,1-2H3;/q-1;+1. The molecule has 0 amide bonds. The Morgan fingerprint density at radius 2 is 2.00 bits per heavy atom. The van der Waals surface area contributed by atoms with Gasteiger partial charge in [-0.15, -0.1) is 6.07 Å². The van der Waals surface area contributed by atoms with E-state index in [1.165, 1.54) is 6.92 Å². The van der Waals surface area contributed by atoms with Crippen LogP contribution in [0.25, 0.3) is 0 Å². The minimum Gasteiger partial charge on any atom is -0.460 e. The molecule has 0 N–H and O–H groups in total. The number of ketones is 1. The normalized spacial score (nSPS) is 9.08. The quantitative estimate of drug-likeness (QED) is 0.273. The molecule has 0 bridgehead atoms. The van der Waals surface area contributed by atoms with Gasteiger partial charge in [-0.25, -0.2) is 0 Å². The van der Waals surface area contributed by atoms with E-state index in [1.807, 2.05) is 0 Å². The SMILES string of the molecule is CC(=O)[c-]1c(=O)cc(C)oc1=O.[Na+]. The molecule has 1 rings (SSSR count). The van der Waals surface area contributed by atoms with Crippen molar-refractivity contribution in [3.8, 4) is 0 Å². The van der Waals surface area contributed by atoms with E-state index >= 15 is 0 Å². The van der Waals surface area contributed by atoms with Gasteiger partial charge in [0.05, 0.1) is 5.78 Å². The summed E-state index contributed by atoms with van der Waals surface area (Å²) in [6.07, 6.45) is 0. The van der Waals surface area contributed by atoms with Gasteiger partial charge in [-0.3, -0.25) is 4.79 Å². The predicted molar refractivity (Wildman–Crippen MR) is 41.6 cm³/mol. The maximum absolute atomic E-state index is 11.0. The molecule has 0 aliphatic heterocycles. The summed E-state index contributed by atoms with van der Waals surface area (Å²) in [5.41, 5.74) is -1.83. The summed E-state index contributed by atoms with van der Waals surface area (Å²) < 4.78 is 4.57. The second kappa shape index (κ2) is 4.60. The van der Waals surface area contributed by atoms with E-state index in [-0.39, 0.29) is 35.3 Å². The van der Waals surface area contributed by atoms with Gasteiger partial charge in [0.2, 0.25) is 0 Å². The first kappa shape index (κ1) is 12.4. The number of Topliss-reactive ketones (excluding diaryl/α,β-unsaturated/α-hetero) is 1. The van der Waals surface area contributed by atoms with Gasteiger partial charge in [0.15, 0.2) is 0 Å². The van der Waals surface area contributed by atoms with Gasteiger partial charge in [0, 0.05) is 11.2 Å².